The van der Waals surface area contributed by atoms with Gasteiger partial charge in [-0.2, -0.15) is 5.10 Å². The van der Waals surface area contributed by atoms with Crippen molar-refractivity contribution in [2.75, 3.05) is 13.1 Å². The van der Waals surface area contributed by atoms with Crippen LogP contribution in [0.15, 0.2) is 70.4 Å². The predicted molar refractivity (Wildman–Crippen MR) is 104 cm³/mol. The number of nitrogens with one attached hydrogen (secondary N) is 1. The lowest BCUT2D eigenvalue weighted by molar-refractivity contribution is 0.829. The molecule has 0 saturated carbocycles. The van der Waals surface area contributed by atoms with Gasteiger partial charge in [-0.15, -0.1) is 6.58 Å². The lowest BCUT2D eigenvalue weighted by Crippen LogP contribution is -2.09. The third kappa shape index (κ3) is 5.16. The summed E-state index contributed by atoms with van der Waals surface area (Å²) >= 11 is 0. The number of aliphatic imine (C=N–C) groups is 2. The van der Waals surface area contributed by atoms with E-state index in [2.05, 4.69) is 45.3 Å². The van der Waals surface area contributed by atoms with Crippen LogP contribution in [0.2, 0.25) is 0 Å². The minimum atomic E-state index is 0.671. The molecule has 1 heterocycles. The Bertz CT molecular complexity index is 694. The topological polar surface area (TPSA) is 49.1 Å². The Labute approximate surface area is 144 Å². The summed E-state index contributed by atoms with van der Waals surface area (Å²) in [6, 6.07) is 6.36. The van der Waals surface area contributed by atoms with Crippen molar-refractivity contribution in [2.45, 2.75) is 19.8 Å². The summed E-state index contributed by atoms with van der Waals surface area (Å²) in [7, 11) is 0. The fraction of sp³-hybridized carbons (Fsp3) is 0.250. The number of fused-ring (bicyclic) bond motifs is 1. The van der Waals surface area contributed by atoms with Gasteiger partial charge in [0.1, 0.15) is 0 Å². The second-order valence-corrected chi connectivity index (χ2v) is 5.26. The van der Waals surface area contributed by atoms with Crippen molar-refractivity contribution < 1.29 is 0 Å². The molecule has 0 saturated heterocycles. The Morgan fingerprint density at radius 1 is 1.42 bits per heavy atom. The van der Waals surface area contributed by atoms with Gasteiger partial charge < -0.3 is 5.43 Å². The lowest BCUT2D eigenvalue weighted by Gasteiger charge is -2.14. The molecule has 0 spiro atoms. The first-order chi connectivity index (χ1) is 11.9. The van der Waals surface area contributed by atoms with E-state index in [0.717, 1.165) is 30.7 Å². The van der Waals surface area contributed by atoms with Gasteiger partial charge in [-0.1, -0.05) is 36.4 Å². The fourth-order valence-electron chi connectivity index (χ4n) is 2.40. The van der Waals surface area contributed by atoms with Gasteiger partial charge in [0.15, 0.2) is 0 Å². The van der Waals surface area contributed by atoms with Crippen LogP contribution in [0.1, 0.15) is 30.0 Å². The van der Waals surface area contributed by atoms with Crippen molar-refractivity contribution in [1.82, 2.24) is 5.43 Å². The molecule has 0 atom stereocenters. The number of benzene rings is 1. The van der Waals surface area contributed by atoms with E-state index in [1.165, 1.54) is 11.1 Å². The predicted octanol–water partition coefficient (Wildman–Crippen LogP) is 3.69. The highest BCUT2D eigenvalue weighted by Gasteiger charge is 2.12. The van der Waals surface area contributed by atoms with Crippen molar-refractivity contribution in [3.8, 4) is 0 Å². The standard InChI is InChI=1S/C20H24N4/c1-3-8-20(22-13-5-6-14-24-23-12-4-2)18-10-7-9-17-11-15-21-16-19(17)18/h3-5,7-10,13-14,16,23H,2,6,11-12,15H2,1H3/b8-3+,13-5+,22-20+,24-14-. The molecule has 1 aliphatic heterocycles. The summed E-state index contributed by atoms with van der Waals surface area (Å²) in [4.78, 5) is 9.03. The van der Waals surface area contributed by atoms with Crippen LogP contribution in [-0.4, -0.2) is 31.2 Å². The summed E-state index contributed by atoms with van der Waals surface area (Å²) in [5.41, 5.74) is 7.46. The maximum Gasteiger partial charge on any atom is 0.0705 e. The molecule has 0 fully saturated rings. The normalized spacial score (nSPS) is 14.6. The highest BCUT2D eigenvalue weighted by atomic mass is 15.3. The van der Waals surface area contributed by atoms with Crippen molar-refractivity contribution in [3.63, 3.8) is 0 Å². The molecule has 1 aromatic carbocycles. The molecule has 0 bridgehead atoms. The molecular formula is C20H24N4. The zero-order valence-corrected chi connectivity index (χ0v) is 14.2. The monoisotopic (exact) mass is 320 g/mol. The maximum atomic E-state index is 4.62. The number of hydrogen-bond acceptors (Lipinski definition) is 4. The van der Waals surface area contributed by atoms with E-state index >= 15 is 0 Å². The van der Waals surface area contributed by atoms with Crippen molar-refractivity contribution in [1.29, 1.82) is 0 Å². The Morgan fingerprint density at radius 3 is 3.17 bits per heavy atom. The van der Waals surface area contributed by atoms with Gasteiger partial charge in [0.25, 0.3) is 0 Å². The van der Waals surface area contributed by atoms with Crippen LogP contribution in [0.5, 0.6) is 0 Å². The van der Waals surface area contributed by atoms with Crippen molar-refractivity contribution >= 4 is 18.1 Å². The zero-order chi connectivity index (χ0) is 17.0. The van der Waals surface area contributed by atoms with Crippen LogP contribution in [0, 0.1) is 0 Å². The third-order valence-electron chi connectivity index (χ3n) is 3.51. The summed E-state index contributed by atoms with van der Waals surface area (Å²) < 4.78 is 0. The van der Waals surface area contributed by atoms with Crippen LogP contribution >= 0.6 is 0 Å². The van der Waals surface area contributed by atoms with E-state index < -0.39 is 0 Å². The van der Waals surface area contributed by atoms with Gasteiger partial charge in [-0.25, -0.2) is 0 Å². The number of hydrogen-bond donors (Lipinski definition) is 1. The molecular weight excluding hydrogens is 296 g/mol. The SMILES string of the molecule is C=CCN/N=C\C/C=C/N=C(\C=C\C)c1cccc2c1C=NCC2. The minimum absolute atomic E-state index is 0.671. The fourth-order valence-corrected chi connectivity index (χ4v) is 2.40. The first-order valence-electron chi connectivity index (χ1n) is 8.19. The van der Waals surface area contributed by atoms with Gasteiger partial charge in [-0.3, -0.25) is 9.98 Å². The average molecular weight is 320 g/mol. The van der Waals surface area contributed by atoms with E-state index in [1.807, 2.05) is 43.8 Å². The summed E-state index contributed by atoms with van der Waals surface area (Å²) in [6.45, 7) is 7.16. The smallest absolute Gasteiger partial charge is 0.0705 e. The Kier molecular flexibility index (Phi) is 7.41. The van der Waals surface area contributed by atoms with Crippen LogP contribution in [0.4, 0.5) is 0 Å². The van der Waals surface area contributed by atoms with E-state index in [0.29, 0.717) is 6.54 Å². The van der Waals surface area contributed by atoms with E-state index in [4.69, 9.17) is 0 Å². The van der Waals surface area contributed by atoms with E-state index in [-0.39, 0.29) is 0 Å². The van der Waals surface area contributed by atoms with Gasteiger partial charge >= 0.3 is 0 Å². The van der Waals surface area contributed by atoms with Gasteiger partial charge in [0.05, 0.1) is 12.3 Å². The highest BCUT2D eigenvalue weighted by molar-refractivity contribution is 6.13. The molecule has 1 aromatic rings. The molecule has 4 nitrogen and oxygen atoms in total. The van der Waals surface area contributed by atoms with Crippen molar-refractivity contribution in [2.24, 2.45) is 15.1 Å². The second kappa shape index (κ2) is 10.1. The largest absolute Gasteiger partial charge is 0.307 e. The van der Waals surface area contributed by atoms with Crippen LogP contribution in [0.3, 0.4) is 0 Å². The third-order valence-corrected chi connectivity index (χ3v) is 3.51. The number of rotatable bonds is 8. The average Bonchev–Trinajstić information content (AvgIpc) is 2.62. The van der Waals surface area contributed by atoms with Gasteiger partial charge in [0.2, 0.25) is 0 Å². The molecule has 0 amide bonds. The zero-order valence-electron chi connectivity index (χ0n) is 14.2. The molecule has 4 heteroatoms. The summed E-state index contributed by atoms with van der Waals surface area (Å²) in [6.07, 6.45) is 15.1. The maximum absolute atomic E-state index is 4.62. The molecule has 24 heavy (non-hydrogen) atoms. The van der Waals surface area contributed by atoms with Crippen LogP contribution in [-0.2, 0) is 6.42 Å². The number of nitrogens with zero attached hydrogens (tertiary/aromatic N) is 3. The Balaban J connectivity index is 2.11. The first-order valence-corrected chi connectivity index (χ1v) is 8.19. The highest BCUT2D eigenvalue weighted by Crippen LogP contribution is 2.18. The molecule has 0 aromatic heterocycles. The van der Waals surface area contributed by atoms with Crippen LogP contribution in [0.25, 0.3) is 0 Å². The van der Waals surface area contributed by atoms with Crippen molar-refractivity contribution in [3.05, 3.63) is 72.0 Å². The van der Waals surface area contributed by atoms with Crippen LogP contribution < -0.4 is 5.43 Å². The van der Waals surface area contributed by atoms with E-state index in [9.17, 15) is 0 Å². The second-order valence-electron chi connectivity index (χ2n) is 5.26. The van der Waals surface area contributed by atoms with E-state index in [1.54, 1.807) is 6.08 Å². The molecule has 0 aliphatic carbocycles. The molecule has 0 radical (unpaired) electrons. The molecule has 0 unspecified atom stereocenters. The van der Waals surface area contributed by atoms with Gasteiger partial charge in [0, 0.05) is 42.7 Å². The molecule has 124 valence electrons. The summed E-state index contributed by atoms with van der Waals surface area (Å²) in [5, 5.41) is 4.05. The quantitative estimate of drug-likeness (QED) is 0.338. The number of allylic oxidation sites excluding steroid dienone is 3. The van der Waals surface area contributed by atoms with Gasteiger partial charge in [-0.05, 0) is 25.0 Å². The molecule has 1 aliphatic rings. The summed E-state index contributed by atoms with van der Waals surface area (Å²) in [5.74, 6) is 0. The molecule has 1 N–H and O–H groups in total. The Morgan fingerprint density at radius 2 is 2.33 bits per heavy atom. The Hall–Kier alpha value is -2.75. The minimum Gasteiger partial charge on any atom is -0.307 e. The lowest BCUT2D eigenvalue weighted by atomic mass is 9.95. The number of hydrazone groups is 1. The first kappa shape index (κ1) is 17.6. The molecule has 2 rings (SSSR count).